The molecule has 3 aromatic rings. The fourth-order valence-electron chi connectivity index (χ4n) is 5.81. The van der Waals surface area contributed by atoms with Gasteiger partial charge in [-0.05, 0) is 57.7 Å². The number of nitrogens with one attached hydrogen (secondary N) is 1. The lowest BCUT2D eigenvalue weighted by molar-refractivity contribution is 0.136. The van der Waals surface area contributed by atoms with E-state index in [1.165, 1.54) is 6.07 Å². The highest BCUT2D eigenvalue weighted by Crippen LogP contribution is 2.39. The summed E-state index contributed by atoms with van der Waals surface area (Å²) in [5.41, 5.74) is 1.45. The third-order valence-electron chi connectivity index (χ3n) is 7.75. The third kappa shape index (κ3) is 4.19. The Morgan fingerprint density at radius 1 is 1.11 bits per heavy atom. The van der Waals surface area contributed by atoms with Crippen molar-refractivity contribution in [2.75, 3.05) is 12.4 Å². The van der Waals surface area contributed by atoms with Gasteiger partial charge in [-0.2, -0.15) is 0 Å². The van der Waals surface area contributed by atoms with E-state index < -0.39 is 12.5 Å². The van der Waals surface area contributed by atoms with E-state index in [0.717, 1.165) is 25.7 Å². The van der Waals surface area contributed by atoms with Crippen molar-refractivity contribution in [1.82, 2.24) is 19.4 Å². The summed E-state index contributed by atoms with van der Waals surface area (Å²) in [6, 6.07) is 6.73. The van der Waals surface area contributed by atoms with Crippen LogP contribution in [0.5, 0.6) is 0 Å². The van der Waals surface area contributed by atoms with Crippen LogP contribution in [0, 0.1) is 26.2 Å². The number of piperidine rings is 1. The Morgan fingerprint density at radius 2 is 1.80 bits per heavy atom. The quantitative estimate of drug-likeness (QED) is 0.528. The summed E-state index contributed by atoms with van der Waals surface area (Å²) < 4.78 is 28.8. The molecule has 0 amide bonds. The molecule has 2 bridgehead atoms. The van der Waals surface area contributed by atoms with Gasteiger partial charge in [-0.1, -0.05) is 24.1 Å². The van der Waals surface area contributed by atoms with E-state index in [2.05, 4.69) is 33.2 Å². The van der Waals surface area contributed by atoms with Crippen LogP contribution < -0.4 is 10.9 Å². The minimum absolute atomic E-state index is 0.0426. The van der Waals surface area contributed by atoms with Crippen LogP contribution in [0.15, 0.2) is 35.3 Å². The predicted molar refractivity (Wildman–Crippen MR) is 133 cm³/mol. The van der Waals surface area contributed by atoms with Gasteiger partial charge in [-0.3, -0.25) is 4.79 Å². The smallest absolute Gasteiger partial charge is 0.264 e. The van der Waals surface area contributed by atoms with Gasteiger partial charge in [0.25, 0.3) is 12.0 Å². The molecule has 2 fully saturated rings. The molecule has 6 nitrogen and oxygen atoms in total. The van der Waals surface area contributed by atoms with Gasteiger partial charge < -0.3 is 14.8 Å². The largest absolute Gasteiger partial charge is 0.352 e. The zero-order chi connectivity index (χ0) is 24.9. The second kappa shape index (κ2) is 9.04. The first-order valence-corrected chi connectivity index (χ1v) is 12.0. The normalized spacial score (nSPS) is 22.9. The summed E-state index contributed by atoms with van der Waals surface area (Å²) in [6.07, 6.45) is 9.29. The van der Waals surface area contributed by atoms with E-state index in [9.17, 15) is 13.6 Å². The number of anilines is 1. The molecular weight excluding hydrogens is 448 g/mol. The molecule has 35 heavy (non-hydrogen) atoms. The van der Waals surface area contributed by atoms with Crippen LogP contribution >= 0.6 is 0 Å². The number of fused-ring (bicyclic) bond motifs is 3. The minimum atomic E-state index is -2.59. The first-order chi connectivity index (χ1) is 16.8. The van der Waals surface area contributed by atoms with Crippen LogP contribution in [-0.4, -0.2) is 38.6 Å². The zero-order valence-electron chi connectivity index (χ0n) is 20.1. The summed E-state index contributed by atoms with van der Waals surface area (Å²) in [5.74, 6) is 3.66. The molecule has 1 unspecified atom stereocenters. The van der Waals surface area contributed by atoms with Crippen molar-refractivity contribution in [2.45, 2.75) is 70.1 Å². The summed E-state index contributed by atoms with van der Waals surface area (Å²) in [6.45, 7) is 3.40. The molecule has 1 aromatic carbocycles. The molecule has 1 N–H and O–H groups in total. The van der Waals surface area contributed by atoms with E-state index in [4.69, 9.17) is 6.42 Å². The van der Waals surface area contributed by atoms with Gasteiger partial charge in [-0.15, -0.1) is 6.42 Å². The lowest BCUT2D eigenvalue weighted by atomic mass is 9.97. The third-order valence-corrected chi connectivity index (χ3v) is 7.75. The van der Waals surface area contributed by atoms with Crippen LogP contribution in [0.25, 0.3) is 10.9 Å². The van der Waals surface area contributed by atoms with Crippen molar-refractivity contribution >= 4 is 16.7 Å². The number of aromatic nitrogens is 3. The highest BCUT2D eigenvalue weighted by Gasteiger charge is 2.39. The highest BCUT2D eigenvalue weighted by molar-refractivity contribution is 5.88. The Hall–Kier alpha value is -3.31. The van der Waals surface area contributed by atoms with Gasteiger partial charge in [-0.25, -0.2) is 18.7 Å². The van der Waals surface area contributed by atoms with Gasteiger partial charge in [0.15, 0.2) is 0 Å². The number of alkyl halides is 2. The fraction of sp³-hybridized carbons (Fsp3) is 0.444. The Balaban J connectivity index is 1.55. The Kier molecular flexibility index (Phi) is 6.06. The minimum Gasteiger partial charge on any atom is -0.352 e. The molecule has 4 atom stereocenters. The van der Waals surface area contributed by atoms with Crippen LogP contribution in [0.4, 0.5) is 14.6 Å². The second-order valence-corrected chi connectivity index (χ2v) is 9.72. The topological polar surface area (TPSA) is 63.1 Å². The maximum absolute atomic E-state index is 13.5. The molecule has 0 spiro atoms. The van der Waals surface area contributed by atoms with Gasteiger partial charge in [0.1, 0.15) is 17.7 Å². The highest BCUT2D eigenvalue weighted by atomic mass is 19.3. The second-order valence-electron chi connectivity index (χ2n) is 9.72. The van der Waals surface area contributed by atoms with Crippen LogP contribution in [0.2, 0.25) is 0 Å². The van der Waals surface area contributed by atoms with Crippen LogP contribution in [-0.2, 0) is 0 Å². The Bertz CT molecular complexity index is 1360. The number of terminal acetylenes is 1. The predicted octanol–water partition coefficient (Wildman–Crippen LogP) is 4.93. The van der Waals surface area contributed by atoms with Crippen molar-refractivity contribution in [3.05, 3.63) is 63.3 Å². The fourth-order valence-corrected chi connectivity index (χ4v) is 5.81. The lowest BCUT2D eigenvalue weighted by Gasteiger charge is -2.37. The molecule has 182 valence electrons. The van der Waals surface area contributed by atoms with Gasteiger partial charge in [0.2, 0.25) is 0 Å². The molecular formula is C27H29F2N5O. The van der Waals surface area contributed by atoms with Crippen molar-refractivity contribution in [3.63, 3.8) is 0 Å². The molecule has 4 heterocycles. The number of halogens is 2. The summed E-state index contributed by atoms with van der Waals surface area (Å²) in [7, 11) is 2.17. The first kappa shape index (κ1) is 23.4. The van der Waals surface area contributed by atoms with E-state index in [0.29, 0.717) is 45.8 Å². The van der Waals surface area contributed by atoms with E-state index in [1.54, 1.807) is 32.0 Å². The van der Waals surface area contributed by atoms with Crippen molar-refractivity contribution in [1.29, 1.82) is 0 Å². The first-order valence-electron chi connectivity index (χ1n) is 12.0. The molecule has 0 radical (unpaired) electrons. The average Bonchev–Trinajstić information content (AvgIpc) is 3.02. The number of hydrogen-bond donors (Lipinski definition) is 1. The summed E-state index contributed by atoms with van der Waals surface area (Å²) in [4.78, 5) is 24.6. The molecule has 2 aromatic heterocycles. The average molecular weight is 478 g/mol. The zero-order valence-corrected chi connectivity index (χ0v) is 20.1. The molecule has 0 saturated carbocycles. The van der Waals surface area contributed by atoms with Crippen molar-refractivity contribution < 1.29 is 8.78 Å². The summed E-state index contributed by atoms with van der Waals surface area (Å²) >= 11 is 0. The molecule has 2 aliphatic rings. The summed E-state index contributed by atoms with van der Waals surface area (Å²) in [5, 5.41) is 3.95. The molecule has 5 rings (SSSR count). The van der Waals surface area contributed by atoms with E-state index >= 15 is 0 Å². The van der Waals surface area contributed by atoms with Crippen LogP contribution in [0.3, 0.4) is 0 Å². The lowest BCUT2D eigenvalue weighted by Crippen LogP contribution is -2.42. The monoisotopic (exact) mass is 477 g/mol. The number of aryl methyl sites for hydroxylation is 1. The van der Waals surface area contributed by atoms with Crippen molar-refractivity contribution in [3.8, 4) is 12.3 Å². The Labute approximate surface area is 203 Å². The van der Waals surface area contributed by atoms with Gasteiger partial charge in [0.05, 0.1) is 10.9 Å². The molecule has 2 aliphatic heterocycles. The number of hydrogen-bond acceptors (Lipinski definition) is 5. The molecule has 0 aliphatic carbocycles. The maximum Gasteiger partial charge on any atom is 0.264 e. The SMILES string of the molecule is C#C[C@@H](Nc1nc(C)nc2cc(=O)n(C3C[C@H]4CC[C@@H](C3)N4C)cc12)c1cccc(C(F)F)c1C. The standard InChI is InChI=1S/C27H29F2N5O/c1-5-23(20-7-6-8-21(15(20)2)26(28)29)32-27-22-14-34(25(35)13-24(22)30-16(3)31-27)19-11-17-9-10-18(12-19)33(17)4/h1,6-8,13-14,17-19,23,26H,9-12H2,2-4H3,(H,30,31,32)/t17-,18+,19?,23-/m1/s1. The molecule has 8 heteroatoms. The van der Waals surface area contributed by atoms with Gasteiger partial charge in [0, 0.05) is 36.0 Å². The van der Waals surface area contributed by atoms with Gasteiger partial charge >= 0.3 is 0 Å². The number of benzene rings is 1. The molecule has 2 saturated heterocycles. The number of pyridine rings is 1. The van der Waals surface area contributed by atoms with Crippen molar-refractivity contribution in [2.24, 2.45) is 0 Å². The van der Waals surface area contributed by atoms with Crippen LogP contribution in [0.1, 0.15) is 66.7 Å². The van der Waals surface area contributed by atoms with E-state index in [-0.39, 0.29) is 17.2 Å². The maximum atomic E-state index is 13.5. The van der Waals surface area contributed by atoms with E-state index in [1.807, 2.05) is 10.8 Å². The Morgan fingerprint density at radius 3 is 2.46 bits per heavy atom. The number of nitrogens with zero attached hydrogens (tertiary/aromatic N) is 4. The number of rotatable bonds is 5.